The summed E-state index contributed by atoms with van der Waals surface area (Å²) in [6.45, 7) is 12.4. The first kappa shape index (κ1) is 26.8. The van der Waals surface area contributed by atoms with Crippen LogP contribution >= 0.6 is 0 Å². The van der Waals surface area contributed by atoms with Crippen molar-refractivity contribution in [3.63, 3.8) is 0 Å². The van der Waals surface area contributed by atoms with Crippen molar-refractivity contribution in [2.24, 2.45) is 5.41 Å². The number of carbonyl (C=O) groups is 2. The molecule has 1 fully saturated rings. The maximum Gasteiger partial charge on any atom is 0.410 e. The molecule has 0 spiro atoms. The lowest BCUT2D eigenvalue weighted by Crippen LogP contribution is -2.36. The van der Waals surface area contributed by atoms with Gasteiger partial charge in [0.2, 0.25) is 0 Å². The second kappa shape index (κ2) is 10.6. The Morgan fingerprint density at radius 3 is 2.32 bits per heavy atom. The number of hydrogen-bond acceptors (Lipinski definition) is 5. The highest BCUT2D eigenvalue weighted by Crippen LogP contribution is 2.34. The van der Waals surface area contributed by atoms with E-state index in [-0.39, 0.29) is 18.2 Å². The first-order chi connectivity index (χ1) is 17.4. The molecule has 0 aromatic heterocycles. The van der Waals surface area contributed by atoms with Crippen LogP contribution in [-0.2, 0) is 16.0 Å². The van der Waals surface area contributed by atoms with Gasteiger partial charge in [-0.2, -0.15) is 0 Å². The van der Waals surface area contributed by atoms with Gasteiger partial charge in [0.15, 0.2) is 0 Å². The van der Waals surface area contributed by atoms with Gasteiger partial charge in [0.25, 0.3) is 0 Å². The summed E-state index contributed by atoms with van der Waals surface area (Å²) < 4.78 is 17.3. The summed E-state index contributed by atoms with van der Waals surface area (Å²) in [7, 11) is 0. The predicted octanol–water partition coefficient (Wildman–Crippen LogP) is 6.79. The molecule has 2 aromatic carbocycles. The Bertz CT molecular complexity index is 1170. The van der Waals surface area contributed by atoms with Crippen LogP contribution in [0.25, 0.3) is 5.57 Å². The summed E-state index contributed by atoms with van der Waals surface area (Å²) in [5.74, 6) is 1.16. The minimum atomic E-state index is -0.547. The fraction of sp³-hybridized carbons (Fsp3) is 0.484. The van der Waals surface area contributed by atoms with Crippen molar-refractivity contribution in [3.05, 3.63) is 65.2 Å². The number of rotatable bonds is 4. The molecule has 4 rings (SSSR count). The molecule has 0 N–H and O–H groups in total. The Hall–Kier alpha value is -3.28. The van der Waals surface area contributed by atoms with Gasteiger partial charge in [0, 0.05) is 13.0 Å². The van der Waals surface area contributed by atoms with Crippen molar-refractivity contribution in [2.75, 3.05) is 13.1 Å². The molecule has 6 nitrogen and oxygen atoms in total. The Morgan fingerprint density at radius 2 is 1.65 bits per heavy atom. The van der Waals surface area contributed by atoms with Crippen LogP contribution in [0.3, 0.4) is 0 Å². The molecule has 37 heavy (non-hydrogen) atoms. The molecule has 1 saturated heterocycles. The fourth-order valence-electron chi connectivity index (χ4n) is 4.51. The van der Waals surface area contributed by atoms with Gasteiger partial charge in [0.1, 0.15) is 23.2 Å². The number of aryl methyl sites for hydroxylation is 1. The minimum Gasteiger partial charge on any atom is -0.489 e. The molecule has 1 aliphatic carbocycles. The molecule has 1 amide bonds. The number of ether oxygens (including phenoxy) is 3. The van der Waals surface area contributed by atoms with Crippen molar-refractivity contribution in [2.45, 2.75) is 78.9 Å². The lowest BCUT2D eigenvalue weighted by molar-refractivity contribution is -0.143. The van der Waals surface area contributed by atoms with Gasteiger partial charge in [-0.05, 0) is 107 Å². The van der Waals surface area contributed by atoms with Gasteiger partial charge >= 0.3 is 12.1 Å². The van der Waals surface area contributed by atoms with E-state index in [1.54, 1.807) is 4.90 Å². The molecule has 0 unspecified atom stereocenters. The molecule has 1 aliphatic heterocycles. The number of amides is 1. The fourth-order valence-corrected chi connectivity index (χ4v) is 4.51. The Labute approximate surface area is 220 Å². The SMILES string of the molecule is CC(C)(C)OC(=O)N1CC[C@H](Oc2ccc(C3=CCCCc4cc(OC(=O)C(C)(C)C)ccc43)cc2)C1. The number of carbonyl (C=O) groups excluding carboxylic acids is 2. The average Bonchev–Trinajstić information content (AvgIpc) is 3.17. The highest BCUT2D eigenvalue weighted by atomic mass is 16.6. The number of fused-ring (bicyclic) bond motifs is 1. The molecule has 198 valence electrons. The van der Waals surface area contributed by atoms with Crippen LogP contribution in [0.1, 0.15) is 77.5 Å². The summed E-state index contributed by atoms with van der Waals surface area (Å²) in [5.41, 5.74) is 3.62. The first-order valence-electron chi connectivity index (χ1n) is 13.2. The number of benzene rings is 2. The van der Waals surface area contributed by atoms with E-state index in [4.69, 9.17) is 14.2 Å². The molecule has 0 saturated carbocycles. The van der Waals surface area contributed by atoms with E-state index >= 15 is 0 Å². The number of likely N-dealkylation sites (tertiary alicyclic amines) is 1. The van der Waals surface area contributed by atoms with Gasteiger partial charge in [0.05, 0.1) is 12.0 Å². The van der Waals surface area contributed by atoms with E-state index in [9.17, 15) is 9.59 Å². The standard InChI is InChI=1S/C31H39NO5/c1-30(2,3)28(33)36-24-15-16-27-22(19-24)9-7-8-10-26(27)21-11-13-23(14-12-21)35-25-17-18-32(20-25)29(34)37-31(4,5)6/h10-16,19,25H,7-9,17-18,20H2,1-6H3/t25-/m0/s1. The summed E-state index contributed by atoms with van der Waals surface area (Å²) in [4.78, 5) is 26.4. The third-order valence-corrected chi connectivity index (χ3v) is 6.45. The van der Waals surface area contributed by atoms with E-state index in [0.717, 1.165) is 37.0 Å². The lowest BCUT2D eigenvalue weighted by atomic mass is 9.93. The molecule has 0 bridgehead atoms. The summed E-state index contributed by atoms with van der Waals surface area (Å²) in [5, 5.41) is 0. The zero-order valence-electron chi connectivity index (χ0n) is 22.9. The van der Waals surface area contributed by atoms with Crippen molar-refractivity contribution in [1.29, 1.82) is 0 Å². The van der Waals surface area contributed by atoms with Crippen LogP contribution in [0, 0.1) is 5.41 Å². The number of hydrogen-bond donors (Lipinski definition) is 0. The largest absolute Gasteiger partial charge is 0.489 e. The molecular formula is C31H39NO5. The third kappa shape index (κ3) is 6.94. The van der Waals surface area contributed by atoms with E-state index in [1.807, 2.05) is 65.8 Å². The second-order valence-corrected chi connectivity index (χ2v) is 11.9. The molecule has 0 radical (unpaired) electrons. The van der Waals surface area contributed by atoms with Gasteiger partial charge < -0.3 is 19.1 Å². The van der Waals surface area contributed by atoms with Crippen LogP contribution in [0.4, 0.5) is 4.79 Å². The molecule has 6 heteroatoms. The number of esters is 1. The zero-order valence-corrected chi connectivity index (χ0v) is 22.9. The normalized spacial score (nSPS) is 17.9. The van der Waals surface area contributed by atoms with Crippen molar-refractivity contribution >= 4 is 17.6 Å². The minimum absolute atomic E-state index is 0.0505. The van der Waals surface area contributed by atoms with Gasteiger partial charge in [-0.25, -0.2) is 4.79 Å². The van der Waals surface area contributed by atoms with E-state index in [0.29, 0.717) is 18.8 Å². The quantitative estimate of drug-likeness (QED) is 0.338. The van der Waals surface area contributed by atoms with Gasteiger partial charge in [-0.1, -0.05) is 24.3 Å². The summed E-state index contributed by atoms with van der Waals surface area (Å²) in [6.07, 6.45) is 5.70. The average molecular weight is 506 g/mol. The summed E-state index contributed by atoms with van der Waals surface area (Å²) >= 11 is 0. The topological polar surface area (TPSA) is 65.1 Å². The first-order valence-corrected chi connectivity index (χ1v) is 13.2. The smallest absolute Gasteiger partial charge is 0.410 e. The van der Waals surface area contributed by atoms with Gasteiger partial charge in [-0.15, -0.1) is 0 Å². The maximum absolute atomic E-state index is 12.3. The monoisotopic (exact) mass is 505 g/mol. The van der Waals surface area contributed by atoms with Crippen LogP contribution in [-0.4, -0.2) is 41.8 Å². The van der Waals surface area contributed by atoms with Crippen molar-refractivity contribution < 1.29 is 23.8 Å². The highest BCUT2D eigenvalue weighted by molar-refractivity contribution is 5.83. The van der Waals surface area contributed by atoms with Crippen molar-refractivity contribution in [3.8, 4) is 11.5 Å². The third-order valence-electron chi connectivity index (χ3n) is 6.45. The van der Waals surface area contributed by atoms with Gasteiger partial charge in [-0.3, -0.25) is 4.79 Å². The molecule has 1 heterocycles. The lowest BCUT2D eigenvalue weighted by Gasteiger charge is -2.24. The Kier molecular flexibility index (Phi) is 7.67. The van der Waals surface area contributed by atoms with Crippen molar-refractivity contribution in [1.82, 2.24) is 4.90 Å². The Morgan fingerprint density at radius 1 is 0.946 bits per heavy atom. The second-order valence-electron chi connectivity index (χ2n) is 11.9. The van der Waals surface area contributed by atoms with E-state index in [2.05, 4.69) is 24.3 Å². The molecular weight excluding hydrogens is 466 g/mol. The molecule has 1 atom stereocenters. The van der Waals surface area contributed by atoms with Crippen LogP contribution < -0.4 is 9.47 Å². The number of allylic oxidation sites excluding steroid dienone is 1. The Balaban J connectivity index is 1.43. The number of nitrogens with zero attached hydrogens (tertiary/aromatic N) is 1. The molecule has 2 aliphatic rings. The molecule has 2 aromatic rings. The van der Waals surface area contributed by atoms with Crippen LogP contribution in [0.2, 0.25) is 0 Å². The summed E-state index contributed by atoms with van der Waals surface area (Å²) in [6, 6.07) is 14.1. The van der Waals surface area contributed by atoms with E-state index < -0.39 is 11.0 Å². The highest BCUT2D eigenvalue weighted by Gasteiger charge is 2.31. The predicted molar refractivity (Wildman–Crippen MR) is 145 cm³/mol. The maximum atomic E-state index is 12.3. The zero-order chi connectivity index (χ0) is 26.8. The van der Waals surface area contributed by atoms with Crippen LogP contribution in [0.15, 0.2) is 48.5 Å². The van der Waals surface area contributed by atoms with Crippen LogP contribution in [0.5, 0.6) is 11.5 Å². The van der Waals surface area contributed by atoms with E-state index in [1.165, 1.54) is 16.7 Å².